The molecule has 1 spiro atoms. The first-order valence-corrected chi connectivity index (χ1v) is 9.31. The van der Waals surface area contributed by atoms with Crippen LogP contribution < -0.4 is 0 Å². The third-order valence-corrected chi connectivity index (χ3v) is 6.98. The van der Waals surface area contributed by atoms with Gasteiger partial charge in [0.05, 0.1) is 5.54 Å². The number of nitrogens with zero attached hydrogens (tertiary/aromatic N) is 3. The summed E-state index contributed by atoms with van der Waals surface area (Å²) in [6.45, 7) is 6.77. The lowest BCUT2D eigenvalue weighted by Crippen LogP contribution is -2.65. The number of carbonyl (C=O) groups is 1. The van der Waals surface area contributed by atoms with Crippen LogP contribution in [0.25, 0.3) is 0 Å². The summed E-state index contributed by atoms with van der Waals surface area (Å²) in [5, 5.41) is 0. The van der Waals surface area contributed by atoms with Gasteiger partial charge in [-0.1, -0.05) is 13.0 Å². The topological polar surface area (TPSA) is 60.9 Å². The fourth-order valence-electron chi connectivity index (χ4n) is 4.06. The lowest BCUT2D eigenvalue weighted by atomic mass is 9.78. The van der Waals surface area contributed by atoms with Crippen LogP contribution in [0.5, 0.6) is 0 Å². The lowest BCUT2D eigenvalue weighted by molar-refractivity contribution is -0.133. The Morgan fingerprint density at radius 2 is 2.09 bits per heavy atom. The van der Waals surface area contributed by atoms with E-state index in [0.29, 0.717) is 25.9 Å². The summed E-state index contributed by atoms with van der Waals surface area (Å²) >= 11 is 0. The molecular formula is C15H27N3O3S. The van der Waals surface area contributed by atoms with Crippen molar-refractivity contribution in [2.45, 2.75) is 50.6 Å². The van der Waals surface area contributed by atoms with Crippen molar-refractivity contribution in [3.63, 3.8) is 0 Å². The molecule has 6 nitrogen and oxygen atoms in total. The van der Waals surface area contributed by atoms with Crippen molar-refractivity contribution < 1.29 is 13.2 Å². The van der Waals surface area contributed by atoms with Gasteiger partial charge in [-0.05, 0) is 25.7 Å². The van der Waals surface area contributed by atoms with Gasteiger partial charge in [-0.25, -0.2) is 0 Å². The fraction of sp³-hybridized carbons (Fsp3) is 0.800. The van der Waals surface area contributed by atoms with E-state index >= 15 is 0 Å². The highest BCUT2D eigenvalue weighted by atomic mass is 32.2. The molecule has 0 aromatic carbocycles. The second-order valence-corrected chi connectivity index (χ2v) is 8.42. The van der Waals surface area contributed by atoms with Crippen LogP contribution in [0.4, 0.5) is 0 Å². The first-order valence-electron chi connectivity index (χ1n) is 7.92. The monoisotopic (exact) mass is 329 g/mol. The molecule has 2 aliphatic rings. The van der Waals surface area contributed by atoms with Crippen molar-refractivity contribution in [2.75, 3.05) is 27.2 Å². The summed E-state index contributed by atoms with van der Waals surface area (Å²) in [6, 6.07) is -0.167. The smallest absolute Gasteiger partial charge is 0.281 e. The first kappa shape index (κ1) is 17.4. The van der Waals surface area contributed by atoms with Gasteiger partial charge in [0.2, 0.25) is 5.91 Å². The minimum atomic E-state index is -3.48. The Balaban J connectivity index is 2.44. The molecule has 22 heavy (non-hydrogen) atoms. The van der Waals surface area contributed by atoms with Gasteiger partial charge in [-0.3, -0.25) is 4.79 Å². The molecule has 126 valence electrons. The molecule has 0 aromatic rings. The predicted octanol–water partition coefficient (Wildman–Crippen LogP) is 1.21. The predicted molar refractivity (Wildman–Crippen MR) is 86.5 cm³/mol. The minimum absolute atomic E-state index is 0.113. The zero-order valence-corrected chi connectivity index (χ0v) is 14.6. The number of hydrogen-bond acceptors (Lipinski definition) is 3. The normalized spacial score (nSPS) is 30.5. The van der Waals surface area contributed by atoms with Gasteiger partial charge in [0.25, 0.3) is 10.2 Å². The number of rotatable bonds is 5. The Labute approximate surface area is 133 Å². The van der Waals surface area contributed by atoms with Crippen molar-refractivity contribution in [3.8, 4) is 0 Å². The van der Waals surface area contributed by atoms with Gasteiger partial charge >= 0.3 is 0 Å². The molecule has 2 rings (SSSR count). The van der Waals surface area contributed by atoms with Crippen molar-refractivity contribution >= 4 is 16.1 Å². The van der Waals surface area contributed by atoms with Crippen molar-refractivity contribution in [1.29, 1.82) is 0 Å². The van der Waals surface area contributed by atoms with Crippen LogP contribution in [0.15, 0.2) is 12.7 Å². The Bertz CT molecular complexity index is 546. The molecule has 2 aliphatic heterocycles. The minimum Gasteiger partial charge on any atom is -0.332 e. The zero-order valence-electron chi connectivity index (χ0n) is 13.8. The van der Waals surface area contributed by atoms with Gasteiger partial charge in [-0.15, -0.1) is 6.58 Å². The summed E-state index contributed by atoms with van der Waals surface area (Å²) in [4.78, 5) is 14.2. The Morgan fingerprint density at radius 1 is 1.41 bits per heavy atom. The zero-order chi connectivity index (χ0) is 16.5. The van der Waals surface area contributed by atoms with Crippen molar-refractivity contribution in [1.82, 2.24) is 13.5 Å². The number of piperidine rings is 1. The van der Waals surface area contributed by atoms with Gasteiger partial charge in [0.15, 0.2) is 0 Å². The van der Waals surface area contributed by atoms with E-state index in [-0.39, 0.29) is 17.5 Å². The highest BCUT2D eigenvalue weighted by molar-refractivity contribution is 7.86. The molecule has 7 heteroatoms. The summed E-state index contributed by atoms with van der Waals surface area (Å²) in [5.74, 6) is 0.113. The summed E-state index contributed by atoms with van der Waals surface area (Å²) in [6.07, 6.45) is 5.32. The molecule has 0 N–H and O–H groups in total. The van der Waals surface area contributed by atoms with E-state index < -0.39 is 10.2 Å². The highest BCUT2D eigenvalue weighted by Gasteiger charge is 2.55. The Morgan fingerprint density at radius 3 is 2.64 bits per heavy atom. The molecule has 1 amide bonds. The molecular weight excluding hydrogens is 302 g/mol. The number of hydrogen-bond donors (Lipinski definition) is 0. The third-order valence-electron chi connectivity index (χ3n) is 5.02. The van der Waals surface area contributed by atoms with Crippen LogP contribution in [0.3, 0.4) is 0 Å². The average Bonchev–Trinajstić information content (AvgIpc) is 2.77. The van der Waals surface area contributed by atoms with Gasteiger partial charge in [0.1, 0.15) is 0 Å². The summed E-state index contributed by atoms with van der Waals surface area (Å²) in [5.41, 5.74) is -0.374. The van der Waals surface area contributed by atoms with Crippen LogP contribution in [-0.4, -0.2) is 66.6 Å². The molecule has 0 aromatic heterocycles. The van der Waals surface area contributed by atoms with E-state index in [0.717, 1.165) is 19.3 Å². The van der Waals surface area contributed by atoms with Gasteiger partial charge in [0, 0.05) is 39.6 Å². The number of amides is 1. The van der Waals surface area contributed by atoms with E-state index in [4.69, 9.17) is 0 Å². The van der Waals surface area contributed by atoms with Gasteiger partial charge < -0.3 is 4.90 Å². The first-order chi connectivity index (χ1) is 10.3. The second-order valence-electron chi connectivity index (χ2n) is 6.33. The standard InChI is InChI=1S/C15H27N3O3S/c1-5-11-17-14(19)8-10-15(17)9-7-12-18(13(15)6-2)22(20,21)16(3)4/h5,13H,1,6-12H2,2-4H3/t13-,15-/m1/s1. The molecule has 0 bridgehead atoms. The van der Waals surface area contributed by atoms with E-state index in [2.05, 4.69) is 6.58 Å². The van der Waals surface area contributed by atoms with E-state index in [1.54, 1.807) is 24.5 Å². The molecule has 2 atom stereocenters. The van der Waals surface area contributed by atoms with Crippen LogP contribution in [-0.2, 0) is 15.0 Å². The molecule has 2 fully saturated rings. The SMILES string of the molecule is C=CCN1C(=O)CC[C@@]12CCCN(S(=O)(=O)N(C)C)[C@@H]2CC. The third kappa shape index (κ3) is 2.59. The summed E-state index contributed by atoms with van der Waals surface area (Å²) < 4.78 is 28.2. The van der Waals surface area contributed by atoms with Crippen LogP contribution in [0, 0.1) is 0 Å². The maximum atomic E-state index is 12.7. The fourth-order valence-corrected chi connectivity index (χ4v) is 5.51. The largest absolute Gasteiger partial charge is 0.332 e. The highest BCUT2D eigenvalue weighted by Crippen LogP contribution is 2.44. The lowest BCUT2D eigenvalue weighted by Gasteiger charge is -2.51. The molecule has 2 heterocycles. The maximum Gasteiger partial charge on any atom is 0.281 e. The van der Waals surface area contributed by atoms with Crippen molar-refractivity contribution in [2.24, 2.45) is 0 Å². The van der Waals surface area contributed by atoms with Crippen molar-refractivity contribution in [3.05, 3.63) is 12.7 Å². The Hall–Kier alpha value is -0.920. The molecule has 2 saturated heterocycles. The van der Waals surface area contributed by atoms with Crippen LogP contribution in [0.1, 0.15) is 39.0 Å². The van der Waals surface area contributed by atoms with Gasteiger partial charge in [-0.2, -0.15) is 17.0 Å². The average molecular weight is 329 g/mol. The van der Waals surface area contributed by atoms with Crippen LogP contribution >= 0.6 is 0 Å². The van der Waals surface area contributed by atoms with Crippen LogP contribution in [0.2, 0.25) is 0 Å². The molecule has 0 saturated carbocycles. The number of carbonyl (C=O) groups excluding carboxylic acids is 1. The van der Waals surface area contributed by atoms with E-state index in [1.807, 2.05) is 11.8 Å². The van der Waals surface area contributed by atoms with E-state index in [9.17, 15) is 13.2 Å². The number of likely N-dealkylation sites (tertiary alicyclic amines) is 1. The molecule has 0 unspecified atom stereocenters. The maximum absolute atomic E-state index is 12.7. The summed E-state index contributed by atoms with van der Waals surface area (Å²) in [7, 11) is -0.357. The quantitative estimate of drug-likeness (QED) is 0.713. The second kappa shape index (κ2) is 6.29. The Kier molecular flexibility index (Phi) is 4.99. The molecule has 0 radical (unpaired) electrons. The van der Waals surface area contributed by atoms with E-state index in [1.165, 1.54) is 4.31 Å². The molecule has 0 aliphatic carbocycles.